The molecule has 0 saturated carbocycles. The van der Waals surface area contributed by atoms with Crippen LogP contribution in [-0.4, -0.2) is 45.4 Å². The van der Waals surface area contributed by atoms with Gasteiger partial charge in [0, 0.05) is 24.8 Å². The van der Waals surface area contributed by atoms with Gasteiger partial charge in [0.2, 0.25) is 0 Å². The van der Waals surface area contributed by atoms with Crippen LogP contribution >= 0.6 is 0 Å². The van der Waals surface area contributed by atoms with Crippen LogP contribution in [0.3, 0.4) is 0 Å². The molecule has 0 radical (unpaired) electrons. The monoisotopic (exact) mass is 327 g/mol. The molecule has 1 aliphatic heterocycles. The number of hydrogen-bond acceptors (Lipinski definition) is 4. The third kappa shape index (κ3) is 4.89. The fourth-order valence-corrected chi connectivity index (χ4v) is 3.10. The number of hydrogen-bond donors (Lipinski definition) is 1. The molecule has 0 atom stereocenters. The Morgan fingerprint density at radius 2 is 2.00 bits per heavy atom. The first kappa shape index (κ1) is 16.6. The molecule has 0 aliphatic carbocycles. The predicted molar refractivity (Wildman–Crippen MR) is 92.5 cm³/mol. The highest BCUT2D eigenvalue weighted by molar-refractivity contribution is 5.94. The summed E-state index contributed by atoms with van der Waals surface area (Å²) in [6.45, 7) is 4.42. The summed E-state index contributed by atoms with van der Waals surface area (Å²) >= 11 is 0. The number of rotatable bonds is 6. The van der Waals surface area contributed by atoms with Crippen molar-refractivity contribution < 1.29 is 4.79 Å². The summed E-state index contributed by atoms with van der Waals surface area (Å²) in [6.07, 6.45) is 8.66. The molecule has 24 heavy (non-hydrogen) atoms. The Morgan fingerprint density at radius 3 is 2.75 bits per heavy atom. The van der Waals surface area contributed by atoms with Gasteiger partial charge in [-0.1, -0.05) is 30.2 Å². The maximum Gasteiger partial charge on any atom is 0.251 e. The quantitative estimate of drug-likeness (QED) is 0.882. The van der Waals surface area contributed by atoms with E-state index in [4.69, 9.17) is 0 Å². The van der Waals surface area contributed by atoms with E-state index in [1.54, 1.807) is 17.1 Å². The fraction of sp³-hybridized carbons (Fsp3) is 0.500. The molecule has 1 amide bonds. The zero-order valence-corrected chi connectivity index (χ0v) is 14.0. The number of aromatic nitrogens is 3. The molecule has 0 spiro atoms. The highest BCUT2D eigenvalue weighted by atomic mass is 16.1. The number of nitrogens with one attached hydrogen (secondary N) is 1. The zero-order valence-electron chi connectivity index (χ0n) is 14.0. The van der Waals surface area contributed by atoms with Gasteiger partial charge in [-0.15, -0.1) is 5.10 Å². The number of benzene rings is 1. The minimum atomic E-state index is -0.0344. The van der Waals surface area contributed by atoms with E-state index >= 15 is 0 Å². The number of carbonyl (C=O) groups excluding carboxylic acids is 1. The molecule has 1 aromatic heterocycles. The van der Waals surface area contributed by atoms with Gasteiger partial charge in [-0.3, -0.25) is 14.4 Å². The van der Waals surface area contributed by atoms with Crippen LogP contribution in [0.25, 0.3) is 0 Å². The molecule has 6 nitrogen and oxygen atoms in total. The van der Waals surface area contributed by atoms with E-state index in [1.165, 1.54) is 31.2 Å². The molecule has 2 aromatic rings. The Morgan fingerprint density at radius 1 is 1.17 bits per heavy atom. The molecule has 1 fully saturated rings. The van der Waals surface area contributed by atoms with E-state index in [0.717, 1.165) is 25.2 Å². The van der Waals surface area contributed by atoms with E-state index in [1.807, 2.05) is 18.2 Å². The lowest BCUT2D eigenvalue weighted by Gasteiger charge is -2.20. The summed E-state index contributed by atoms with van der Waals surface area (Å²) in [7, 11) is 0. The number of amides is 1. The largest absolute Gasteiger partial charge is 0.350 e. The number of likely N-dealkylation sites (tertiary alicyclic amines) is 1. The highest BCUT2D eigenvalue weighted by Gasteiger charge is 2.11. The van der Waals surface area contributed by atoms with Crippen LogP contribution in [0.4, 0.5) is 0 Å². The number of nitrogens with zero attached hydrogens (tertiary/aromatic N) is 4. The van der Waals surface area contributed by atoms with Gasteiger partial charge in [-0.2, -0.15) is 0 Å². The van der Waals surface area contributed by atoms with Crippen molar-refractivity contribution in [1.82, 2.24) is 25.2 Å². The molecular formula is C18H25N5O. The van der Waals surface area contributed by atoms with Gasteiger partial charge in [-0.25, -0.2) is 0 Å². The zero-order chi connectivity index (χ0) is 16.6. The molecule has 0 unspecified atom stereocenters. The molecule has 128 valence electrons. The van der Waals surface area contributed by atoms with Gasteiger partial charge >= 0.3 is 0 Å². The topological polar surface area (TPSA) is 63.1 Å². The van der Waals surface area contributed by atoms with Gasteiger partial charge in [0.1, 0.15) is 0 Å². The lowest BCUT2D eigenvalue weighted by Crippen LogP contribution is -2.28. The van der Waals surface area contributed by atoms with Gasteiger partial charge in [0.05, 0.1) is 12.7 Å². The molecule has 6 heteroatoms. The molecule has 2 heterocycles. The molecule has 1 aliphatic rings. The Kier molecular flexibility index (Phi) is 5.96. The predicted octanol–water partition coefficient (Wildman–Crippen LogP) is 2.08. The summed E-state index contributed by atoms with van der Waals surface area (Å²) in [6, 6.07) is 7.96. The molecule has 3 rings (SSSR count). The normalized spacial score (nSPS) is 15.8. The average Bonchev–Trinajstić information content (AvgIpc) is 2.98. The molecule has 1 N–H and O–H groups in total. The second-order valence-corrected chi connectivity index (χ2v) is 6.31. The third-order valence-corrected chi connectivity index (χ3v) is 4.39. The Labute approximate surface area is 142 Å². The maximum atomic E-state index is 12.3. The van der Waals surface area contributed by atoms with Crippen LogP contribution < -0.4 is 5.32 Å². The lowest BCUT2D eigenvalue weighted by molar-refractivity contribution is 0.0951. The lowest BCUT2D eigenvalue weighted by atomic mass is 10.1. The second-order valence-electron chi connectivity index (χ2n) is 6.31. The molecule has 1 aromatic carbocycles. The Bertz CT molecular complexity index is 633. The van der Waals surface area contributed by atoms with Crippen LogP contribution in [0, 0.1) is 0 Å². The van der Waals surface area contributed by atoms with Crippen LogP contribution in [0.2, 0.25) is 0 Å². The highest BCUT2D eigenvalue weighted by Crippen LogP contribution is 2.14. The second kappa shape index (κ2) is 8.59. The summed E-state index contributed by atoms with van der Waals surface area (Å²) in [5.41, 5.74) is 1.93. The van der Waals surface area contributed by atoms with E-state index in [0.29, 0.717) is 13.1 Å². The molecule has 0 bridgehead atoms. The van der Waals surface area contributed by atoms with E-state index in [9.17, 15) is 4.79 Å². The summed E-state index contributed by atoms with van der Waals surface area (Å²) < 4.78 is 1.70. The summed E-state index contributed by atoms with van der Waals surface area (Å²) in [5.74, 6) is -0.0344. The van der Waals surface area contributed by atoms with E-state index in [-0.39, 0.29) is 5.91 Å². The molecular weight excluding hydrogens is 302 g/mol. The van der Waals surface area contributed by atoms with Gasteiger partial charge in [-0.05, 0) is 43.6 Å². The van der Waals surface area contributed by atoms with Gasteiger partial charge in [0.15, 0.2) is 0 Å². The van der Waals surface area contributed by atoms with Crippen molar-refractivity contribution in [3.05, 3.63) is 47.8 Å². The van der Waals surface area contributed by atoms with Crippen LogP contribution in [0.5, 0.6) is 0 Å². The van der Waals surface area contributed by atoms with Crippen molar-refractivity contribution in [2.24, 2.45) is 0 Å². The summed E-state index contributed by atoms with van der Waals surface area (Å²) in [4.78, 5) is 14.8. The summed E-state index contributed by atoms with van der Waals surface area (Å²) in [5, 5.41) is 10.6. The number of carbonyl (C=O) groups is 1. The van der Waals surface area contributed by atoms with Crippen LogP contribution in [0.15, 0.2) is 36.7 Å². The van der Waals surface area contributed by atoms with E-state index in [2.05, 4.69) is 26.6 Å². The maximum absolute atomic E-state index is 12.3. The van der Waals surface area contributed by atoms with Crippen molar-refractivity contribution in [2.75, 3.05) is 19.6 Å². The SMILES string of the molecule is O=C(NCCn1ccnn1)c1cccc(CN2CCCCCC2)c1. The van der Waals surface area contributed by atoms with Crippen LogP contribution in [0.1, 0.15) is 41.6 Å². The first-order chi connectivity index (χ1) is 11.8. The smallest absolute Gasteiger partial charge is 0.251 e. The van der Waals surface area contributed by atoms with Crippen molar-refractivity contribution >= 4 is 5.91 Å². The van der Waals surface area contributed by atoms with Crippen molar-refractivity contribution in [1.29, 1.82) is 0 Å². The van der Waals surface area contributed by atoms with Crippen molar-refractivity contribution in [3.8, 4) is 0 Å². The minimum absolute atomic E-state index is 0.0344. The first-order valence-electron chi connectivity index (χ1n) is 8.75. The van der Waals surface area contributed by atoms with E-state index < -0.39 is 0 Å². The van der Waals surface area contributed by atoms with Crippen molar-refractivity contribution in [3.63, 3.8) is 0 Å². The Hall–Kier alpha value is -2.21. The average molecular weight is 327 g/mol. The fourth-order valence-electron chi connectivity index (χ4n) is 3.10. The van der Waals surface area contributed by atoms with Crippen molar-refractivity contribution in [2.45, 2.75) is 38.8 Å². The minimum Gasteiger partial charge on any atom is -0.350 e. The third-order valence-electron chi connectivity index (χ3n) is 4.39. The van der Waals surface area contributed by atoms with Gasteiger partial charge < -0.3 is 5.32 Å². The first-order valence-corrected chi connectivity index (χ1v) is 8.75. The van der Waals surface area contributed by atoms with Gasteiger partial charge in [0.25, 0.3) is 5.91 Å². The molecule has 1 saturated heterocycles. The standard InChI is InChI=1S/C18H25N5O/c24-18(19-8-12-23-13-9-20-21-23)17-7-5-6-16(14-17)15-22-10-3-1-2-4-11-22/h5-7,9,13-14H,1-4,8,10-12,15H2,(H,19,24). The van der Waals surface area contributed by atoms with Crippen LogP contribution in [-0.2, 0) is 13.1 Å². The Balaban J connectivity index is 1.52.